The van der Waals surface area contributed by atoms with Gasteiger partial charge in [0, 0.05) is 32.4 Å². The van der Waals surface area contributed by atoms with Gasteiger partial charge in [0.25, 0.3) is 0 Å². The molecule has 0 bridgehead atoms. The highest BCUT2D eigenvalue weighted by atomic mass is 16.5. The Balaban J connectivity index is 1.97. The van der Waals surface area contributed by atoms with Crippen LogP contribution in [0.4, 0.5) is 5.82 Å². The van der Waals surface area contributed by atoms with Crippen LogP contribution in [0.25, 0.3) is 0 Å². The fourth-order valence-electron chi connectivity index (χ4n) is 2.52. The number of pyridine rings is 1. The lowest BCUT2D eigenvalue weighted by molar-refractivity contribution is -0.0704. The predicted octanol–water partition coefficient (Wildman–Crippen LogP) is 2.12. The lowest BCUT2D eigenvalue weighted by Crippen LogP contribution is -2.44. The van der Waals surface area contributed by atoms with E-state index in [4.69, 9.17) is 4.74 Å². The van der Waals surface area contributed by atoms with Crippen molar-refractivity contribution in [1.29, 1.82) is 0 Å². The van der Waals surface area contributed by atoms with E-state index < -0.39 is 0 Å². The molecular weight excluding hydrogens is 226 g/mol. The molecule has 4 nitrogen and oxygen atoms in total. The third-order valence-corrected chi connectivity index (χ3v) is 3.08. The summed E-state index contributed by atoms with van der Waals surface area (Å²) in [6.07, 6.45) is 2.52. The summed E-state index contributed by atoms with van der Waals surface area (Å²) >= 11 is 0. The van der Waals surface area contributed by atoms with E-state index in [2.05, 4.69) is 48.1 Å². The number of nitrogens with one attached hydrogen (secondary N) is 1. The summed E-state index contributed by atoms with van der Waals surface area (Å²) in [5.74, 6) is 0.962. The molecule has 1 aliphatic rings. The molecule has 1 fully saturated rings. The molecule has 1 aromatic rings. The number of hydrogen-bond acceptors (Lipinski definition) is 4. The van der Waals surface area contributed by atoms with Gasteiger partial charge in [0.05, 0.1) is 12.2 Å². The van der Waals surface area contributed by atoms with E-state index in [1.807, 2.05) is 6.20 Å². The minimum atomic E-state index is 0.323. The highest BCUT2D eigenvalue weighted by molar-refractivity contribution is 5.37. The summed E-state index contributed by atoms with van der Waals surface area (Å²) in [5, 5.41) is 3.25. The van der Waals surface area contributed by atoms with Gasteiger partial charge in [0.2, 0.25) is 0 Å². The van der Waals surface area contributed by atoms with E-state index in [1.54, 1.807) is 0 Å². The van der Waals surface area contributed by atoms with Gasteiger partial charge in [0.1, 0.15) is 5.82 Å². The maximum Gasteiger partial charge on any atom is 0.126 e. The summed E-state index contributed by atoms with van der Waals surface area (Å²) in [5.41, 5.74) is 1.31. The Hall–Kier alpha value is -1.13. The normalized spacial score (nSPS) is 25.1. The Kier molecular flexibility index (Phi) is 4.55. The SMILES string of the molecule is CCNc1cc(CN2C[C@@H](C)O[C@@H](C)C2)ccn1. The predicted molar refractivity (Wildman–Crippen MR) is 73.7 cm³/mol. The molecular formula is C14H23N3O. The van der Waals surface area contributed by atoms with Crippen LogP contribution in [-0.4, -0.2) is 41.7 Å². The molecule has 1 aliphatic heterocycles. The Labute approximate surface area is 109 Å². The summed E-state index contributed by atoms with van der Waals surface area (Å²) in [6, 6.07) is 4.22. The molecule has 0 aliphatic carbocycles. The Morgan fingerprint density at radius 3 is 2.78 bits per heavy atom. The van der Waals surface area contributed by atoms with Crippen molar-refractivity contribution in [2.45, 2.75) is 39.5 Å². The van der Waals surface area contributed by atoms with Crippen LogP contribution in [0, 0.1) is 0 Å². The first kappa shape index (κ1) is 13.3. The Morgan fingerprint density at radius 2 is 2.11 bits per heavy atom. The van der Waals surface area contributed by atoms with Gasteiger partial charge in [-0.25, -0.2) is 4.98 Å². The number of morpholine rings is 1. The first-order valence-corrected chi connectivity index (χ1v) is 6.74. The van der Waals surface area contributed by atoms with Gasteiger partial charge < -0.3 is 10.1 Å². The molecule has 100 valence electrons. The van der Waals surface area contributed by atoms with Crippen molar-refractivity contribution in [3.05, 3.63) is 23.9 Å². The third kappa shape index (κ3) is 3.68. The number of ether oxygens (including phenoxy) is 1. The summed E-state index contributed by atoms with van der Waals surface area (Å²) < 4.78 is 5.75. The molecule has 0 radical (unpaired) electrons. The van der Waals surface area contributed by atoms with Crippen molar-refractivity contribution in [2.75, 3.05) is 25.0 Å². The van der Waals surface area contributed by atoms with Crippen molar-refractivity contribution in [1.82, 2.24) is 9.88 Å². The van der Waals surface area contributed by atoms with Crippen molar-refractivity contribution < 1.29 is 4.74 Å². The second kappa shape index (κ2) is 6.16. The molecule has 2 atom stereocenters. The summed E-state index contributed by atoms with van der Waals surface area (Å²) in [6.45, 7) is 10.2. The van der Waals surface area contributed by atoms with E-state index >= 15 is 0 Å². The largest absolute Gasteiger partial charge is 0.373 e. The quantitative estimate of drug-likeness (QED) is 0.887. The van der Waals surface area contributed by atoms with Crippen LogP contribution in [-0.2, 0) is 11.3 Å². The van der Waals surface area contributed by atoms with Crippen LogP contribution < -0.4 is 5.32 Å². The first-order chi connectivity index (χ1) is 8.67. The molecule has 4 heteroatoms. The van der Waals surface area contributed by atoms with Gasteiger partial charge in [-0.15, -0.1) is 0 Å². The lowest BCUT2D eigenvalue weighted by atomic mass is 10.2. The monoisotopic (exact) mass is 249 g/mol. The molecule has 0 unspecified atom stereocenters. The average molecular weight is 249 g/mol. The lowest BCUT2D eigenvalue weighted by Gasteiger charge is -2.35. The summed E-state index contributed by atoms with van der Waals surface area (Å²) in [4.78, 5) is 6.75. The Morgan fingerprint density at radius 1 is 1.39 bits per heavy atom. The van der Waals surface area contributed by atoms with Gasteiger partial charge >= 0.3 is 0 Å². The zero-order chi connectivity index (χ0) is 13.0. The second-order valence-corrected chi connectivity index (χ2v) is 5.03. The van der Waals surface area contributed by atoms with Gasteiger partial charge in [-0.05, 0) is 38.5 Å². The molecule has 1 saturated heterocycles. The fraction of sp³-hybridized carbons (Fsp3) is 0.643. The van der Waals surface area contributed by atoms with Gasteiger partial charge in [-0.1, -0.05) is 0 Å². The molecule has 0 aromatic carbocycles. The minimum absolute atomic E-state index is 0.323. The molecule has 2 heterocycles. The highest BCUT2D eigenvalue weighted by Gasteiger charge is 2.21. The Bertz CT molecular complexity index is 373. The van der Waals surface area contributed by atoms with Crippen LogP contribution in [0.15, 0.2) is 18.3 Å². The first-order valence-electron chi connectivity index (χ1n) is 6.74. The maximum absolute atomic E-state index is 5.75. The third-order valence-electron chi connectivity index (χ3n) is 3.08. The van der Waals surface area contributed by atoms with Crippen LogP contribution in [0.2, 0.25) is 0 Å². The number of hydrogen-bond donors (Lipinski definition) is 1. The van der Waals surface area contributed by atoms with Crippen molar-refractivity contribution >= 4 is 5.82 Å². The number of nitrogens with zero attached hydrogens (tertiary/aromatic N) is 2. The van der Waals surface area contributed by atoms with Crippen molar-refractivity contribution in [3.8, 4) is 0 Å². The van der Waals surface area contributed by atoms with E-state index in [9.17, 15) is 0 Å². The van der Waals surface area contributed by atoms with E-state index in [1.165, 1.54) is 5.56 Å². The molecule has 18 heavy (non-hydrogen) atoms. The highest BCUT2D eigenvalue weighted by Crippen LogP contribution is 2.15. The number of aromatic nitrogens is 1. The van der Waals surface area contributed by atoms with E-state index in [0.29, 0.717) is 12.2 Å². The summed E-state index contributed by atoms with van der Waals surface area (Å²) in [7, 11) is 0. The topological polar surface area (TPSA) is 37.4 Å². The van der Waals surface area contributed by atoms with E-state index in [0.717, 1.165) is 32.0 Å². The molecule has 2 rings (SSSR count). The standard InChI is InChI=1S/C14H23N3O/c1-4-15-14-7-13(5-6-16-14)10-17-8-11(2)18-12(3)9-17/h5-7,11-12H,4,8-10H2,1-3H3,(H,15,16)/t11-,12+. The zero-order valence-electron chi connectivity index (χ0n) is 11.5. The van der Waals surface area contributed by atoms with Gasteiger partial charge in [0.15, 0.2) is 0 Å². The molecule has 1 aromatic heterocycles. The van der Waals surface area contributed by atoms with Crippen molar-refractivity contribution in [2.24, 2.45) is 0 Å². The fourth-order valence-corrected chi connectivity index (χ4v) is 2.52. The van der Waals surface area contributed by atoms with Crippen LogP contribution >= 0.6 is 0 Å². The van der Waals surface area contributed by atoms with E-state index in [-0.39, 0.29) is 0 Å². The van der Waals surface area contributed by atoms with Gasteiger partial charge in [-0.2, -0.15) is 0 Å². The smallest absolute Gasteiger partial charge is 0.126 e. The molecule has 1 N–H and O–H groups in total. The average Bonchev–Trinajstić information content (AvgIpc) is 2.28. The van der Waals surface area contributed by atoms with Crippen molar-refractivity contribution in [3.63, 3.8) is 0 Å². The molecule has 0 saturated carbocycles. The second-order valence-electron chi connectivity index (χ2n) is 5.03. The van der Waals surface area contributed by atoms with Crippen LogP contribution in [0.5, 0.6) is 0 Å². The zero-order valence-corrected chi connectivity index (χ0v) is 11.5. The number of rotatable bonds is 4. The minimum Gasteiger partial charge on any atom is -0.373 e. The number of anilines is 1. The van der Waals surface area contributed by atoms with Gasteiger partial charge in [-0.3, -0.25) is 4.90 Å². The van der Waals surface area contributed by atoms with Crippen LogP contribution in [0.3, 0.4) is 0 Å². The maximum atomic E-state index is 5.75. The molecule has 0 amide bonds. The van der Waals surface area contributed by atoms with Crippen LogP contribution in [0.1, 0.15) is 26.3 Å². The molecule has 0 spiro atoms.